The minimum absolute atomic E-state index is 0.0973. The first kappa shape index (κ1) is 20.7. The third-order valence-corrected chi connectivity index (χ3v) is 4.79. The minimum Gasteiger partial charge on any atom is -0.458 e. The molecule has 8 heteroatoms. The van der Waals surface area contributed by atoms with Gasteiger partial charge in [-0.15, -0.1) is 0 Å². The van der Waals surface area contributed by atoms with Crippen molar-refractivity contribution in [2.24, 2.45) is 0 Å². The number of hydrogen-bond acceptors (Lipinski definition) is 6. The number of carbonyl (C=O) groups excluding carboxylic acids is 2. The standard InChI is InChI=1S/C19H22NO6P/c1-15(20-27(2,23)26-17-11-7-4-8-12-17)19(22)25-14-18(21)24-13-16-9-5-3-6-10-16/h3-12,15H,13-14H2,1-2H3,(H,20,23)/t15-,27?/m0/s1. The molecule has 0 aromatic heterocycles. The largest absolute Gasteiger partial charge is 0.458 e. The number of esters is 2. The van der Waals surface area contributed by atoms with Gasteiger partial charge in [0.05, 0.1) is 0 Å². The molecule has 0 radical (unpaired) electrons. The number of carbonyl (C=O) groups is 2. The van der Waals surface area contributed by atoms with Gasteiger partial charge in [0.1, 0.15) is 18.4 Å². The second-order valence-electron chi connectivity index (χ2n) is 5.85. The number of rotatable bonds is 9. The first-order chi connectivity index (χ1) is 12.9. The minimum atomic E-state index is -3.29. The fourth-order valence-corrected chi connectivity index (χ4v) is 3.53. The van der Waals surface area contributed by atoms with Crippen molar-refractivity contribution in [3.63, 3.8) is 0 Å². The van der Waals surface area contributed by atoms with Crippen LogP contribution >= 0.6 is 7.52 Å². The summed E-state index contributed by atoms with van der Waals surface area (Å²) in [5.74, 6) is -0.981. The highest BCUT2D eigenvalue weighted by Gasteiger charge is 2.26. The zero-order valence-corrected chi connectivity index (χ0v) is 16.1. The van der Waals surface area contributed by atoms with Crippen molar-refractivity contribution in [3.05, 3.63) is 66.2 Å². The first-order valence-electron chi connectivity index (χ1n) is 8.32. The smallest absolute Gasteiger partial charge is 0.344 e. The van der Waals surface area contributed by atoms with Crippen LogP contribution in [0.2, 0.25) is 0 Å². The molecule has 0 saturated carbocycles. The van der Waals surface area contributed by atoms with E-state index >= 15 is 0 Å². The Balaban J connectivity index is 1.74. The summed E-state index contributed by atoms with van der Waals surface area (Å²) in [4.78, 5) is 23.7. The van der Waals surface area contributed by atoms with Crippen LogP contribution < -0.4 is 9.61 Å². The van der Waals surface area contributed by atoms with Gasteiger partial charge in [-0.05, 0) is 24.6 Å². The molecule has 0 bridgehead atoms. The Labute approximate surface area is 158 Å². The summed E-state index contributed by atoms with van der Waals surface area (Å²) in [5.41, 5.74) is 0.831. The lowest BCUT2D eigenvalue weighted by atomic mass is 10.2. The van der Waals surface area contributed by atoms with Crippen LogP contribution in [0, 0.1) is 0 Å². The molecule has 0 saturated heterocycles. The van der Waals surface area contributed by atoms with Crippen LogP contribution in [0.4, 0.5) is 0 Å². The van der Waals surface area contributed by atoms with E-state index in [-0.39, 0.29) is 6.61 Å². The summed E-state index contributed by atoms with van der Waals surface area (Å²) in [6.45, 7) is 2.41. The molecular weight excluding hydrogens is 369 g/mol. The van der Waals surface area contributed by atoms with Crippen LogP contribution in [-0.4, -0.2) is 31.3 Å². The Hall–Kier alpha value is -2.63. The lowest BCUT2D eigenvalue weighted by Crippen LogP contribution is -2.35. The van der Waals surface area contributed by atoms with Crippen molar-refractivity contribution >= 4 is 19.5 Å². The van der Waals surface area contributed by atoms with Crippen LogP contribution in [0.15, 0.2) is 60.7 Å². The highest BCUT2D eigenvalue weighted by Crippen LogP contribution is 2.39. The molecule has 2 atom stereocenters. The van der Waals surface area contributed by atoms with Crippen molar-refractivity contribution in [1.29, 1.82) is 0 Å². The topological polar surface area (TPSA) is 90.9 Å². The van der Waals surface area contributed by atoms with E-state index in [9.17, 15) is 14.2 Å². The van der Waals surface area contributed by atoms with Crippen molar-refractivity contribution in [1.82, 2.24) is 5.09 Å². The molecule has 0 amide bonds. The molecule has 2 aromatic rings. The summed E-state index contributed by atoms with van der Waals surface area (Å²) >= 11 is 0. The van der Waals surface area contributed by atoms with Gasteiger partial charge in [0, 0.05) is 6.66 Å². The quantitative estimate of drug-likeness (QED) is 0.519. The Morgan fingerprint density at radius 3 is 2.22 bits per heavy atom. The summed E-state index contributed by atoms with van der Waals surface area (Å²) in [6.07, 6.45) is 0. The number of nitrogens with one attached hydrogen (secondary N) is 1. The maximum atomic E-state index is 12.5. The second-order valence-corrected chi connectivity index (χ2v) is 7.99. The van der Waals surface area contributed by atoms with Gasteiger partial charge in [0.25, 0.3) is 0 Å². The molecule has 0 aliphatic carbocycles. The van der Waals surface area contributed by atoms with Crippen LogP contribution in [0.25, 0.3) is 0 Å². The zero-order valence-electron chi connectivity index (χ0n) is 15.2. The van der Waals surface area contributed by atoms with Gasteiger partial charge in [-0.1, -0.05) is 48.5 Å². The van der Waals surface area contributed by atoms with Gasteiger partial charge in [0.15, 0.2) is 6.61 Å². The molecule has 0 aliphatic heterocycles. The van der Waals surface area contributed by atoms with E-state index in [1.807, 2.05) is 30.3 Å². The van der Waals surface area contributed by atoms with Gasteiger partial charge >= 0.3 is 19.5 Å². The van der Waals surface area contributed by atoms with E-state index in [2.05, 4.69) is 5.09 Å². The number of ether oxygens (including phenoxy) is 2. The molecule has 27 heavy (non-hydrogen) atoms. The van der Waals surface area contributed by atoms with E-state index in [0.717, 1.165) is 5.56 Å². The second kappa shape index (κ2) is 9.90. The fourth-order valence-electron chi connectivity index (χ4n) is 2.15. The van der Waals surface area contributed by atoms with Gasteiger partial charge in [-0.2, -0.15) is 0 Å². The van der Waals surface area contributed by atoms with Gasteiger partial charge in [-0.25, -0.2) is 9.88 Å². The van der Waals surface area contributed by atoms with E-state index in [1.54, 1.807) is 30.3 Å². The average molecular weight is 391 g/mol. The van der Waals surface area contributed by atoms with E-state index < -0.39 is 32.1 Å². The molecule has 1 unspecified atom stereocenters. The third-order valence-electron chi connectivity index (χ3n) is 3.38. The Morgan fingerprint density at radius 2 is 1.59 bits per heavy atom. The maximum absolute atomic E-state index is 12.5. The average Bonchev–Trinajstić information content (AvgIpc) is 2.65. The van der Waals surface area contributed by atoms with Gasteiger partial charge in [0.2, 0.25) is 0 Å². The summed E-state index contributed by atoms with van der Waals surface area (Å²) in [6, 6.07) is 16.8. The number of para-hydroxylation sites is 1. The fraction of sp³-hybridized carbons (Fsp3) is 0.263. The highest BCUT2D eigenvalue weighted by atomic mass is 31.2. The van der Waals surface area contributed by atoms with Crippen molar-refractivity contribution in [2.75, 3.05) is 13.3 Å². The van der Waals surface area contributed by atoms with Crippen molar-refractivity contribution in [2.45, 2.75) is 19.6 Å². The molecular formula is C19H22NO6P. The molecule has 2 aromatic carbocycles. The van der Waals surface area contributed by atoms with Gasteiger partial charge < -0.3 is 14.0 Å². The van der Waals surface area contributed by atoms with Crippen LogP contribution in [0.5, 0.6) is 5.75 Å². The molecule has 7 nitrogen and oxygen atoms in total. The van der Waals surface area contributed by atoms with Crippen molar-refractivity contribution in [3.8, 4) is 5.75 Å². The normalized spacial score (nSPS) is 13.9. The molecule has 0 fully saturated rings. The number of hydrogen-bond donors (Lipinski definition) is 1. The van der Waals surface area contributed by atoms with E-state index in [0.29, 0.717) is 5.75 Å². The summed E-state index contributed by atoms with van der Waals surface area (Å²) in [5, 5.41) is 2.59. The lowest BCUT2D eigenvalue weighted by Gasteiger charge is -2.20. The van der Waals surface area contributed by atoms with Crippen molar-refractivity contribution < 1.29 is 28.2 Å². The predicted molar refractivity (Wildman–Crippen MR) is 100 cm³/mol. The number of benzene rings is 2. The van der Waals surface area contributed by atoms with E-state index in [1.165, 1.54) is 13.6 Å². The summed E-state index contributed by atoms with van der Waals surface area (Å²) in [7, 11) is -3.29. The van der Waals surface area contributed by atoms with Crippen LogP contribution in [0.3, 0.4) is 0 Å². The zero-order chi connectivity index (χ0) is 19.7. The van der Waals surface area contributed by atoms with Gasteiger partial charge in [-0.3, -0.25) is 9.36 Å². The highest BCUT2D eigenvalue weighted by molar-refractivity contribution is 7.56. The molecule has 0 heterocycles. The molecule has 0 aliphatic rings. The van der Waals surface area contributed by atoms with E-state index in [4.69, 9.17) is 14.0 Å². The SMILES string of the molecule is C[C@H](NP(C)(=O)Oc1ccccc1)C(=O)OCC(=O)OCc1ccccc1. The lowest BCUT2D eigenvalue weighted by molar-refractivity contribution is -0.160. The molecule has 2 rings (SSSR count). The Bertz CT molecular complexity index is 796. The van der Waals surface area contributed by atoms with Crippen LogP contribution in [-0.2, 0) is 30.2 Å². The molecule has 1 N–H and O–H groups in total. The third kappa shape index (κ3) is 7.64. The molecule has 0 spiro atoms. The summed E-state index contributed by atoms with van der Waals surface area (Å²) < 4.78 is 27.8. The Kier molecular flexibility index (Phi) is 7.58. The maximum Gasteiger partial charge on any atom is 0.344 e. The van der Waals surface area contributed by atoms with Crippen LogP contribution in [0.1, 0.15) is 12.5 Å². The molecule has 144 valence electrons. The Morgan fingerprint density at radius 1 is 1.00 bits per heavy atom. The first-order valence-corrected chi connectivity index (χ1v) is 10.4. The predicted octanol–water partition coefficient (Wildman–Crippen LogP) is 3.15. The monoisotopic (exact) mass is 391 g/mol.